The first kappa shape index (κ1) is 14.5. The molecule has 0 aliphatic carbocycles. The zero-order valence-electron chi connectivity index (χ0n) is 9.88. The van der Waals surface area contributed by atoms with Crippen LogP contribution in [0.5, 0.6) is 0 Å². The molecule has 0 aliphatic rings. The molecule has 0 unspecified atom stereocenters. The van der Waals surface area contributed by atoms with Gasteiger partial charge in [0, 0.05) is 14.5 Å². The molecule has 0 aliphatic heterocycles. The largest absolute Gasteiger partial charge is 0.307 e. The SMILES string of the molecule is Cc1nc(NC(=O)c2ccc(Cl)c(Br)c2)ccc1Br. The van der Waals surface area contributed by atoms with Gasteiger partial charge in [-0.15, -0.1) is 0 Å². The first-order chi connectivity index (χ1) is 8.97. The van der Waals surface area contributed by atoms with Crippen LogP contribution in [-0.4, -0.2) is 10.9 Å². The van der Waals surface area contributed by atoms with Gasteiger partial charge in [0.05, 0.1) is 10.7 Å². The third-order valence-corrected chi connectivity index (χ3v) is 4.50. The summed E-state index contributed by atoms with van der Waals surface area (Å²) >= 11 is 12.5. The average molecular weight is 404 g/mol. The highest BCUT2D eigenvalue weighted by Crippen LogP contribution is 2.24. The molecule has 0 bridgehead atoms. The van der Waals surface area contributed by atoms with Crippen LogP contribution in [0, 0.1) is 6.92 Å². The van der Waals surface area contributed by atoms with E-state index in [0.717, 1.165) is 10.2 Å². The van der Waals surface area contributed by atoms with Gasteiger partial charge in [0.2, 0.25) is 0 Å². The highest BCUT2D eigenvalue weighted by Gasteiger charge is 2.09. The molecule has 1 aromatic carbocycles. The van der Waals surface area contributed by atoms with Gasteiger partial charge in [-0.3, -0.25) is 4.79 Å². The van der Waals surface area contributed by atoms with Crippen LogP contribution in [0.2, 0.25) is 5.02 Å². The summed E-state index contributed by atoms with van der Waals surface area (Å²) in [6, 6.07) is 8.58. The van der Waals surface area contributed by atoms with Gasteiger partial charge in [-0.1, -0.05) is 11.6 Å². The van der Waals surface area contributed by atoms with Crippen molar-refractivity contribution in [2.24, 2.45) is 0 Å². The third kappa shape index (κ3) is 3.55. The number of aryl methyl sites for hydroxylation is 1. The fraction of sp³-hybridized carbons (Fsp3) is 0.0769. The van der Waals surface area contributed by atoms with Crippen LogP contribution in [0.1, 0.15) is 16.1 Å². The minimum atomic E-state index is -0.230. The molecule has 0 saturated heterocycles. The van der Waals surface area contributed by atoms with Crippen molar-refractivity contribution in [2.45, 2.75) is 6.92 Å². The van der Waals surface area contributed by atoms with E-state index in [2.05, 4.69) is 42.2 Å². The van der Waals surface area contributed by atoms with E-state index in [1.807, 2.05) is 13.0 Å². The Bertz CT molecular complexity index is 647. The molecule has 1 N–H and O–H groups in total. The molecule has 98 valence electrons. The summed E-state index contributed by atoms with van der Waals surface area (Å²) in [7, 11) is 0. The van der Waals surface area contributed by atoms with Crippen molar-refractivity contribution in [1.29, 1.82) is 0 Å². The number of rotatable bonds is 2. The Balaban J connectivity index is 2.20. The minimum absolute atomic E-state index is 0.230. The highest BCUT2D eigenvalue weighted by atomic mass is 79.9. The molecule has 0 radical (unpaired) electrons. The van der Waals surface area contributed by atoms with E-state index in [9.17, 15) is 4.79 Å². The zero-order chi connectivity index (χ0) is 14.0. The van der Waals surface area contributed by atoms with Crippen molar-refractivity contribution in [3.63, 3.8) is 0 Å². The summed E-state index contributed by atoms with van der Waals surface area (Å²) in [6.07, 6.45) is 0. The maximum Gasteiger partial charge on any atom is 0.256 e. The second kappa shape index (κ2) is 6.03. The van der Waals surface area contributed by atoms with Crippen LogP contribution in [0.25, 0.3) is 0 Å². The van der Waals surface area contributed by atoms with Gasteiger partial charge < -0.3 is 5.32 Å². The Labute approximate surface area is 132 Å². The van der Waals surface area contributed by atoms with Crippen molar-refractivity contribution in [1.82, 2.24) is 4.98 Å². The summed E-state index contributed by atoms with van der Waals surface area (Å²) in [4.78, 5) is 16.3. The lowest BCUT2D eigenvalue weighted by Gasteiger charge is -2.07. The maximum absolute atomic E-state index is 12.0. The lowest BCUT2D eigenvalue weighted by Crippen LogP contribution is -2.13. The monoisotopic (exact) mass is 402 g/mol. The Morgan fingerprint density at radius 3 is 2.58 bits per heavy atom. The van der Waals surface area contributed by atoms with Gasteiger partial charge in [0.1, 0.15) is 5.82 Å². The fourth-order valence-corrected chi connectivity index (χ4v) is 2.16. The predicted octanol–water partition coefficient (Wildman–Crippen LogP) is 4.82. The number of hydrogen-bond donors (Lipinski definition) is 1. The van der Waals surface area contributed by atoms with Crippen molar-refractivity contribution in [2.75, 3.05) is 5.32 Å². The molecule has 1 aromatic heterocycles. The molecule has 6 heteroatoms. The summed E-state index contributed by atoms with van der Waals surface area (Å²) in [5.41, 5.74) is 1.33. The molecule has 2 aromatic rings. The number of hydrogen-bond acceptors (Lipinski definition) is 2. The van der Waals surface area contributed by atoms with Gasteiger partial charge in [0.15, 0.2) is 0 Å². The van der Waals surface area contributed by atoms with Crippen LogP contribution in [0.4, 0.5) is 5.82 Å². The highest BCUT2D eigenvalue weighted by molar-refractivity contribution is 9.10. The lowest BCUT2D eigenvalue weighted by molar-refractivity contribution is 0.102. The third-order valence-electron chi connectivity index (χ3n) is 2.44. The molecular weight excluding hydrogens is 395 g/mol. The van der Waals surface area contributed by atoms with Crippen LogP contribution >= 0.6 is 43.5 Å². The van der Waals surface area contributed by atoms with E-state index in [1.54, 1.807) is 24.3 Å². The number of aromatic nitrogens is 1. The summed E-state index contributed by atoms with van der Waals surface area (Å²) in [5.74, 6) is 0.281. The molecule has 0 spiro atoms. The lowest BCUT2D eigenvalue weighted by atomic mass is 10.2. The van der Waals surface area contributed by atoms with E-state index in [4.69, 9.17) is 11.6 Å². The number of amides is 1. The Morgan fingerprint density at radius 2 is 1.95 bits per heavy atom. The molecule has 1 heterocycles. The van der Waals surface area contributed by atoms with Gasteiger partial charge in [-0.05, 0) is 69.1 Å². The standard InChI is InChI=1S/C13H9Br2ClN2O/c1-7-9(14)3-5-12(17-7)18-13(19)8-2-4-11(16)10(15)6-8/h2-6H,1H3,(H,17,18,19). The van der Waals surface area contributed by atoms with Crippen LogP contribution < -0.4 is 5.32 Å². The molecule has 1 amide bonds. The van der Waals surface area contributed by atoms with Crippen LogP contribution in [0.3, 0.4) is 0 Å². The average Bonchev–Trinajstić information content (AvgIpc) is 2.37. The number of carbonyl (C=O) groups is 1. The number of anilines is 1. The minimum Gasteiger partial charge on any atom is -0.307 e. The Morgan fingerprint density at radius 1 is 1.21 bits per heavy atom. The molecule has 0 atom stereocenters. The number of halogens is 3. The molecule has 3 nitrogen and oxygen atoms in total. The first-order valence-corrected chi connectivity index (χ1v) is 7.33. The summed E-state index contributed by atoms with van der Waals surface area (Å²) in [6.45, 7) is 1.86. The second-order valence-corrected chi connectivity index (χ2v) is 5.96. The van der Waals surface area contributed by atoms with E-state index in [0.29, 0.717) is 20.9 Å². The number of nitrogens with zero attached hydrogens (tertiary/aromatic N) is 1. The van der Waals surface area contributed by atoms with Gasteiger partial charge in [-0.2, -0.15) is 0 Å². The molecular formula is C13H9Br2ClN2O. The molecule has 0 saturated carbocycles. The Kier molecular flexibility index (Phi) is 4.60. The van der Waals surface area contributed by atoms with E-state index < -0.39 is 0 Å². The zero-order valence-corrected chi connectivity index (χ0v) is 13.8. The molecule has 19 heavy (non-hydrogen) atoms. The van der Waals surface area contributed by atoms with Gasteiger partial charge in [0.25, 0.3) is 5.91 Å². The quantitative estimate of drug-likeness (QED) is 0.780. The van der Waals surface area contributed by atoms with E-state index in [-0.39, 0.29) is 5.91 Å². The number of pyridine rings is 1. The smallest absolute Gasteiger partial charge is 0.256 e. The Hall–Kier alpha value is -0.910. The van der Waals surface area contributed by atoms with Crippen LogP contribution in [-0.2, 0) is 0 Å². The van der Waals surface area contributed by atoms with Gasteiger partial charge in [-0.25, -0.2) is 4.98 Å². The van der Waals surface area contributed by atoms with Crippen molar-refractivity contribution in [3.8, 4) is 0 Å². The number of carbonyl (C=O) groups excluding carboxylic acids is 1. The summed E-state index contributed by atoms with van der Waals surface area (Å²) < 4.78 is 1.58. The predicted molar refractivity (Wildman–Crippen MR) is 83.8 cm³/mol. The second-order valence-electron chi connectivity index (χ2n) is 3.85. The number of benzene rings is 1. The maximum atomic E-state index is 12.0. The topological polar surface area (TPSA) is 42.0 Å². The van der Waals surface area contributed by atoms with Crippen molar-refractivity contribution >= 4 is 55.2 Å². The first-order valence-electron chi connectivity index (χ1n) is 5.37. The van der Waals surface area contributed by atoms with E-state index >= 15 is 0 Å². The van der Waals surface area contributed by atoms with Crippen molar-refractivity contribution in [3.05, 3.63) is 55.6 Å². The van der Waals surface area contributed by atoms with Crippen molar-refractivity contribution < 1.29 is 4.79 Å². The van der Waals surface area contributed by atoms with Crippen LogP contribution in [0.15, 0.2) is 39.3 Å². The molecule has 2 rings (SSSR count). The molecule has 0 fully saturated rings. The fourth-order valence-electron chi connectivity index (χ4n) is 1.44. The van der Waals surface area contributed by atoms with Gasteiger partial charge >= 0.3 is 0 Å². The normalized spacial score (nSPS) is 10.3. The number of nitrogens with one attached hydrogen (secondary N) is 1. The summed E-state index contributed by atoms with van der Waals surface area (Å²) in [5, 5.41) is 3.30. The van der Waals surface area contributed by atoms with E-state index in [1.165, 1.54) is 0 Å².